The van der Waals surface area contributed by atoms with Crippen molar-refractivity contribution in [1.29, 1.82) is 0 Å². The average Bonchev–Trinajstić information content (AvgIpc) is 2.44. The summed E-state index contributed by atoms with van der Waals surface area (Å²) in [5.41, 5.74) is 2.46. The summed E-state index contributed by atoms with van der Waals surface area (Å²) in [5.74, 6) is 1.04. The third kappa shape index (κ3) is 4.22. The van der Waals surface area contributed by atoms with Gasteiger partial charge in [-0.3, -0.25) is 0 Å². The van der Waals surface area contributed by atoms with Gasteiger partial charge in [-0.1, -0.05) is 25.1 Å². The molecule has 1 aliphatic heterocycles. The van der Waals surface area contributed by atoms with Gasteiger partial charge in [0.2, 0.25) is 0 Å². The molecule has 1 N–H and O–H groups in total. The standard InChI is InChI=1S/C16H25NO2/c1-3-9-17-11-14-7-4-6-13(2)16(14)19-15-8-5-10-18-12-15/h4,6-7,15,17H,3,5,8-12H2,1-2H3. The van der Waals surface area contributed by atoms with E-state index in [1.165, 1.54) is 11.1 Å². The lowest BCUT2D eigenvalue weighted by Crippen LogP contribution is -2.29. The molecular weight excluding hydrogens is 238 g/mol. The summed E-state index contributed by atoms with van der Waals surface area (Å²) in [4.78, 5) is 0. The van der Waals surface area contributed by atoms with Crippen molar-refractivity contribution >= 4 is 0 Å². The van der Waals surface area contributed by atoms with E-state index >= 15 is 0 Å². The molecule has 1 unspecified atom stereocenters. The van der Waals surface area contributed by atoms with Crippen LogP contribution in [0.25, 0.3) is 0 Å². The Hall–Kier alpha value is -1.06. The molecule has 1 aromatic rings. The van der Waals surface area contributed by atoms with Crippen LogP contribution in [0.1, 0.15) is 37.3 Å². The molecule has 1 fully saturated rings. The van der Waals surface area contributed by atoms with E-state index in [0.717, 1.165) is 51.3 Å². The third-order valence-electron chi connectivity index (χ3n) is 3.44. The van der Waals surface area contributed by atoms with Crippen molar-refractivity contribution in [2.75, 3.05) is 19.8 Å². The SMILES string of the molecule is CCCNCc1cccc(C)c1OC1CCCOC1. The monoisotopic (exact) mass is 263 g/mol. The summed E-state index contributed by atoms with van der Waals surface area (Å²) in [6, 6.07) is 6.36. The second-order valence-corrected chi connectivity index (χ2v) is 5.20. The molecule has 1 heterocycles. The highest BCUT2D eigenvalue weighted by atomic mass is 16.5. The average molecular weight is 263 g/mol. The van der Waals surface area contributed by atoms with Crippen molar-refractivity contribution in [2.24, 2.45) is 0 Å². The first-order valence-corrected chi connectivity index (χ1v) is 7.35. The van der Waals surface area contributed by atoms with E-state index in [4.69, 9.17) is 9.47 Å². The Balaban J connectivity index is 2.03. The first-order chi connectivity index (χ1) is 9.31. The Kier molecular flexibility index (Phi) is 5.67. The second-order valence-electron chi connectivity index (χ2n) is 5.20. The maximum atomic E-state index is 6.18. The van der Waals surface area contributed by atoms with Gasteiger partial charge < -0.3 is 14.8 Å². The largest absolute Gasteiger partial charge is 0.487 e. The van der Waals surface area contributed by atoms with Crippen molar-refractivity contribution in [3.8, 4) is 5.75 Å². The molecule has 0 saturated carbocycles. The van der Waals surface area contributed by atoms with Crippen LogP contribution in [0.4, 0.5) is 0 Å². The highest BCUT2D eigenvalue weighted by Gasteiger charge is 2.17. The number of hydrogen-bond acceptors (Lipinski definition) is 3. The summed E-state index contributed by atoms with van der Waals surface area (Å²) in [6.45, 7) is 7.80. The van der Waals surface area contributed by atoms with Crippen LogP contribution >= 0.6 is 0 Å². The Morgan fingerprint density at radius 1 is 1.42 bits per heavy atom. The zero-order chi connectivity index (χ0) is 13.5. The maximum absolute atomic E-state index is 6.18. The summed E-state index contributed by atoms with van der Waals surface area (Å²) in [6.07, 6.45) is 3.55. The van der Waals surface area contributed by atoms with Crippen LogP contribution < -0.4 is 10.1 Å². The molecular formula is C16H25NO2. The molecule has 0 radical (unpaired) electrons. The van der Waals surface area contributed by atoms with E-state index in [1.54, 1.807) is 0 Å². The van der Waals surface area contributed by atoms with E-state index in [2.05, 4.69) is 37.4 Å². The van der Waals surface area contributed by atoms with Crippen LogP contribution in [0.5, 0.6) is 5.75 Å². The van der Waals surface area contributed by atoms with Gasteiger partial charge in [0.1, 0.15) is 11.9 Å². The fraction of sp³-hybridized carbons (Fsp3) is 0.625. The van der Waals surface area contributed by atoms with E-state index < -0.39 is 0 Å². The molecule has 1 aromatic carbocycles. The Morgan fingerprint density at radius 3 is 3.05 bits per heavy atom. The van der Waals surface area contributed by atoms with Crippen LogP contribution in [0.3, 0.4) is 0 Å². The van der Waals surface area contributed by atoms with Crippen LogP contribution in [0.2, 0.25) is 0 Å². The first kappa shape index (κ1) is 14.4. The first-order valence-electron chi connectivity index (χ1n) is 7.35. The van der Waals surface area contributed by atoms with Gasteiger partial charge in [-0.25, -0.2) is 0 Å². The van der Waals surface area contributed by atoms with Gasteiger partial charge >= 0.3 is 0 Å². The molecule has 19 heavy (non-hydrogen) atoms. The number of ether oxygens (including phenoxy) is 2. The molecule has 0 amide bonds. The topological polar surface area (TPSA) is 30.5 Å². The number of nitrogens with one attached hydrogen (secondary N) is 1. The minimum atomic E-state index is 0.208. The maximum Gasteiger partial charge on any atom is 0.127 e. The van der Waals surface area contributed by atoms with Crippen molar-refractivity contribution < 1.29 is 9.47 Å². The molecule has 1 atom stereocenters. The lowest BCUT2D eigenvalue weighted by atomic mass is 10.1. The van der Waals surface area contributed by atoms with Crippen molar-refractivity contribution in [3.05, 3.63) is 29.3 Å². The lowest BCUT2D eigenvalue weighted by Gasteiger charge is -2.25. The summed E-state index contributed by atoms with van der Waals surface area (Å²) >= 11 is 0. The summed E-state index contributed by atoms with van der Waals surface area (Å²) in [7, 11) is 0. The number of rotatable bonds is 6. The van der Waals surface area contributed by atoms with Gasteiger partial charge in [0.25, 0.3) is 0 Å². The van der Waals surface area contributed by atoms with Crippen molar-refractivity contribution in [3.63, 3.8) is 0 Å². The highest BCUT2D eigenvalue weighted by molar-refractivity contribution is 5.40. The van der Waals surface area contributed by atoms with Gasteiger partial charge in [-0.2, -0.15) is 0 Å². The van der Waals surface area contributed by atoms with Gasteiger partial charge in [0, 0.05) is 18.7 Å². The second kappa shape index (κ2) is 7.51. The van der Waals surface area contributed by atoms with Crippen LogP contribution in [0.15, 0.2) is 18.2 Å². The van der Waals surface area contributed by atoms with E-state index in [1.807, 2.05) is 0 Å². The minimum absolute atomic E-state index is 0.208. The van der Waals surface area contributed by atoms with E-state index in [0.29, 0.717) is 0 Å². The zero-order valence-corrected chi connectivity index (χ0v) is 12.1. The predicted molar refractivity (Wildman–Crippen MR) is 77.6 cm³/mol. The molecule has 1 saturated heterocycles. The van der Waals surface area contributed by atoms with Crippen molar-refractivity contribution in [1.82, 2.24) is 5.32 Å². The fourth-order valence-electron chi connectivity index (χ4n) is 2.39. The predicted octanol–water partition coefficient (Wildman–Crippen LogP) is 3.05. The molecule has 106 valence electrons. The molecule has 3 nitrogen and oxygen atoms in total. The van der Waals surface area contributed by atoms with Crippen molar-refractivity contribution in [2.45, 2.75) is 45.8 Å². The molecule has 0 aromatic heterocycles. The Morgan fingerprint density at radius 2 is 2.32 bits per heavy atom. The van der Waals surface area contributed by atoms with Gasteiger partial charge in [0.15, 0.2) is 0 Å². The van der Waals surface area contributed by atoms with Gasteiger partial charge in [-0.15, -0.1) is 0 Å². The lowest BCUT2D eigenvalue weighted by molar-refractivity contribution is 0.00672. The number of benzene rings is 1. The minimum Gasteiger partial charge on any atom is -0.487 e. The molecule has 0 aliphatic carbocycles. The Bertz CT molecular complexity index is 386. The molecule has 3 heteroatoms. The number of aryl methyl sites for hydroxylation is 1. The van der Waals surface area contributed by atoms with Crippen LogP contribution in [0, 0.1) is 6.92 Å². The highest BCUT2D eigenvalue weighted by Crippen LogP contribution is 2.26. The Labute approximate surface area is 116 Å². The fourth-order valence-corrected chi connectivity index (χ4v) is 2.39. The van der Waals surface area contributed by atoms with Gasteiger partial charge in [0.05, 0.1) is 6.61 Å². The quantitative estimate of drug-likeness (QED) is 0.800. The van der Waals surface area contributed by atoms with Crippen LogP contribution in [-0.4, -0.2) is 25.9 Å². The summed E-state index contributed by atoms with van der Waals surface area (Å²) in [5, 5.41) is 3.44. The number of hydrogen-bond donors (Lipinski definition) is 1. The van der Waals surface area contributed by atoms with Crippen LogP contribution in [-0.2, 0) is 11.3 Å². The normalized spacial score (nSPS) is 19.4. The molecule has 0 bridgehead atoms. The zero-order valence-electron chi connectivity index (χ0n) is 12.1. The third-order valence-corrected chi connectivity index (χ3v) is 3.44. The number of para-hydroxylation sites is 1. The van der Waals surface area contributed by atoms with Gasteiger partial charge in [-0.05, 0) is 38.3 Å². The molecule has 0 spiro atoms. The van der Waals surface area contributed by atoms with E-state index in [-0.39, 0.29) is 6.10 Å². The van der Waals surface area contributed by atoms with E-state index in [9.17, 15) is 0 Å². The molecule has 2 rings (SSSR count). The smallest absolute Gasteiger partial charge is 0.127 e. The molecule has 1 aliphatic rings. The summed E-state index contributed by atoms with van der Waals surface area (Å²) < 4.78 is 11.7.